The smallest absolute Gasteiger partial charge is 0.254 e. The lowest BCUT2D eigenvalue weighted by Crippen LogP contribution is -2.49. The number of benzene rings is 2. The molecule has 0 bridgehead atoms. The van der Waals surface area contributed by atoms with Gasteiger partial charge in [-0.3, -0.25) is 9.59 Å². The number of carbonyl (C=O) groups excluding carboxylic acids is 2. The van der Waals surface area contributed by atoms with Crippen LogP contribution >= 0.6 is 0 Å². The van der Waals surface area contributed by atoms with Crippen LogP contribution in [0.25, 0.3) is 10.9 Å². The molecule has 0 spiro atoms. The number of aromatic nitrogens is 1. The van der Waals surface area contributed by atoms with Crippen LogP contribution in [0.1, 0.15) is 15.9 Å². The third-order valence-corrected chi connectivity index (χ3v) is 4.54. The maximum absolute atomic E-state index is 12.6. The molecule has 0 radical (unpaired) electrons. The molecule has 1 aromatic heterocycles. The van der Waals surface area contributed by atoms with Crippen molar-refractivity contribution in [1.29, 1.82) is 0 Å². The lowest BCUT2D eigenvalue weighted by molar-refractivity contribution is -0.123. The lowest BCUT2D eigenvalue weighted by Gasteiger charge is -2.26. The molecule has 126 valence electrons. The van der Waals surface area contributed by atoms with E-state index in [2.05, 4.69) is 22.0 Å². The summed E-state index contributed by atoms with van der Waals surface area (Å²) in [6.45, 7) is 1.99. The topological polar surface area (TPSA) is 54.3 Å². The van der Waals surface area contributed by atoms with Crippen molar-refractivity contribution in [1.82, 2.24) is 14.8 Å². The summed E-state index contributed by atoms with van der Waals surface area (Å²) in [5, 5.41) is 3.77. The molecule has 25 heavy (non-hydrogen) atoms. The molecule has 1 fully saturated rings. The maximum Gasteiger partial charge on any atom is 0.254 e. The number of piperazine rings is 1. The number of nitrogens with zero attached hydrogens (tertiary/aromatic N) is 2. The Bertz CT molecular complexity index is 931. The van der Waals surface area contributed by atoms with Crippen molar-refractivity contribution in [3.05, 3.63) is 71.9 Å². The molecule has 0 saturated carbocycles. The van der Waals surface area contributed by atoms with Crippen LogP contribution < -0.4 is 5.32 Å². The molecule has 5 nitrogen and oxygen atoms in total. The zero-order valence-electron chi connectivity index (χ0n) is 13.8. The van der Waals surface area contributed by atoms with Gasteiger partial charge in [0.15, 0.2) is 0 Å². The molecule has 1 N–H and O–H groups in total. The number of fused-ring (bicyclic) bond motifs is 1. The maximum atomic E-state index is 12.6. The average molecular weight is 333 g/mol. The van der Waals surface area contributed by atoms with E-state index in [1.54, 1.807) is 4.90 Å². The van der Waals surface area contributed by atoms with Gasteiger partial charge in [0.05, 0.1) is 6.54 Å². The van der Waals surface area contributed by atoms with E-state index < -0.39 is 0 Å². The van der Waals surface area contributed by atoms with E-state index in [0.29, 0.717) is 18.7 Å². The number of hydrogen-bond acceptors (Lipinski definition) is 2. The highest BCUT2D eigenvalue weighted by Crippen LogP contribution is 2.20. The highest BCUT2D eigenvalue weighted by molar-refractivity contribution is 6.00. The van der Waals surface area contributed by atoms with Crippen molar-refractivity contribution < 1.29 is 9.59 Å². The Hall–Kier alpha value is -3.08. The normalized spacial score (nSPS) is 14.6. The fourth-order valence-electron chi connectivity index (χ4n) is 3.25. The fraction of sp³-hybridized carbons (Fsp3) is 0.200. The van der Waals surface area contributed by atoms with Crippen molar-refractivity contribution in [2.45, 2.75) is 6.54 Å². The standard InChI is InChI=1S/C20H19N3O2/c24-19-14-23(11-9-21-19)20(25)17-6-7-18-16(12-17)8-10-22(18)13-15-4-2-1-3-5-15/h1-8,10,12H,9,11,13-14H2,(H,21,24). The Morgan fingerprint density at radius 1 is 1.08 bits per heavy atom. The van der Waals surface area contributed by atoms with Gasteiger partial charge in [0, 0.05) is 42.3 Å². The third kappa shape index (κ3) is 3.13. The Kier molecular flexibility index (Phi) is 3.98. The first-order valence-corrected chi connectivity index (χ1v) is 8.39. The van der Waals surface area contributed by atoms with Gasteiger partial charge in [-0.15, -0.1) is 0 Å². The van der Waals surface area contributed by atoms with Crippen LogP contribution in [0.2, 0.25) is 0 Å². The van der Waals surface area contributed by atoms with Gasteiger partial charge in [0.2, 0.25) is 5.91 Å². The summed E-state index contributed by atoms with van der Waals surface area (Å²) < 4.78 is 2.17. The quantitative estimate of drug-likeness (QED) is 0.799. The predicted octanol–water partition coefficient (Wildman–Crippen LogP) is 2.26. The summed E-state index contributed by atoms with van der Waals surface area (Å²) in [4.78, 5) is 25.7. The average Bonchev–Trinajstić information content (AvgIpc) is 3.04. The Morgan fingerprint density at radius 2 is 1.92 bits per heavy atom. The van der Waals surface area contributed by atoms with E-state index in [-0.39, 0.29) is 18.4 Å². The zero-order valence-corrected chi connectivity index (χ0v) is 13.8. The van der Waals surface area contributed by atoms with Crippen LogP contribution in [-0.4, -0.2) is 40.9 Å². The number of nitrogens with one attached hydrogen (secondary N) is 1. The minimum atomic E-state index is -0.102. The van der Waals surface area contributed by atoms with Gasteiger partial charge in [0.1, 0.15) is 0 Å². The van der Waals surface area contributed by atoms with E-state index in [9.17, 15) is 9.59 Å². The van der Waals surface area contributed by atoms with Crippen LogP contribution in [0.4, 0.5) is 0 Å². The molecule has 5 heteroatoms. The predicted molar refractivity (Wildman–Crippen MR) is 96.4 cm³/mol. The molecule has 2 heterocycles. The first-order valence-electron chi connectivity index (χ1n) is 8.39. The van der Waals surface area contributed by atoms with Gasteiger partial charge < -0.3 is 14.8 Å². The Labute approximate surface area is 145 Å². The molecule has 0 aliphatic carbocycles. The highest BCUT2D eigenvalue weighted by Gasteiger charge is 2.22. The van der Waals surface area contributed by atoms with E-state index in [1.807, 2.05) is 48.7 Å². The van der Waals surface area contributed by atoms with Crippen molar-refractivity contribution in [3.63, 3.8) is 0 Å². The number of rotatable bonds is 3. The highest BCUT2D eigenvalue weighted by atomic mass is 16.2. The molecule has 3 aromatic rings. The summed E-state index contributed by atoms with van der Waals surface area (Å²) in [5.41, 5.74) is 2.95. The van der Waals surface area contributed by atoms with Crippen LogP contribution in [0, 0.1) is 0 Å². The van der Waals surface area contributed by atoms with Gasteiger partial charge in [0.25, 0.3) is 5.91 Å². The van der Waals surface area contributed by atoms with E-state index >= 15 is 0 Å². The van der Waals surface area contributed by atoms with E-state index in [1.165, 1.54) is 5.56 Å². The minimum absolute atomic E-state index is 0.0902. The largest absolute Gasteiger partial charge is 0.353 e. The van der Waals surface area contributed by atoms with Crippen LogP contribution in [0.5, 0.6) is 0 Å². The Balaban J connectivity index is 1.59. The zero-order chi connectivity index (χ0) is 17.2. The minimum Gasteiger partial charge on any atom is -0.353 e. The SMILES string of the molecule is O=C1CN(C(=O)c2ccc3c(ccn3Cc3ccccc3)c2)CCN1. The van der Waals surface area contributed by atoms with Crippen LogP contribution in [0.3, 0.4) is 0 Å². The molecule has 1 aliphatic rings. The van der Waals surface area contributed by atoms with E-state index in [4.69, 9.17) is 0 Å². The van der Waals surface area contributed by atoms with Gasteiger partial charge in [-0.05, 0) is 29.8 Å². The summed E-state index contributed by atoms with van der Waals surface area (Å²) in [5.74, 6) is -0.192. The first kappa shape index (κ1) is 15.4. The second kappa shape index (κ2) is 6.43. The molecule has 1 aliphatic heterocycles. The Morgan fingerprint density at radius 3 is 2.72 bits per heavy atom. The number of amides is 2. The third-order valence-electron chi connectivity index (χ3n) is 4.54. The number of carbonyl (C=O) groups is 2. The van der Waals surface area contributed by atoms with Crippen LogP contribution in [0.15, 0.2) is 60.8 Å². The van der Waals surface area contributed by atoms with Crippen LogP contribution in [-0.2, 0) is 11.3 Å². The van der Waals surface area contributed by atoms with Crippen molar-refractivity contribution in [2.75, 3.05) is 19.6 Å². The molecular formula is C20H19N3O2. The van der Waals surface area contributed by atoms with Crippen molar-refractivity contribution in [3.8, 4) is 0 Å². The first-order chi connectivity index (χ1) is 12.2. The molecular weight excluding hydrogens is 314 g/mol. The molecule has 2 amide bonds. The molecule has 1 saturated heterocycles. The van der Waals surface area contributed by atoms with Gasteiger partial charge in [-0.2, -0.15) is 0 Å². The molecule has 0 atom stereocenters. The summed E-state index contributed by atoms with van der Waals surface area (Å²) >= 11 is 0. The van der Waals surface area contributed by atoms with Gasteiger partial charge >= 0.3 is 0 Å². The summed E-state index contributed by atoms with van der Waals surface area (Å²) in [7, 11) is 0. The summed E-state index contributed by atoms with van der Waals surface area (Å²) in [6.07, 6.45) is 2.04. The lowest BCUT2D eigenvalue weighted by atomic mass is 10.1. The molecule has 2 aromatic carbocycles. The van der Waals surface area contributed by atoms with Crippen molar-refractivity contribution in [2.24, 2.45) is 0 Å². The molecule has 0 unspecified atom stereocenters. The second-order valence-electron chi connectivity index (χ2n) is 6.28. The molecule has 4 rings (SSSR count). The monoisotopic (exact) mass is 333 g/mol. The number of hydrogen-bond donors (Lipinski definition) is 1. The van der Waals surface area contributed by atoms with Gasteiger partial charge in [-0.25, -0.2) is 0 Å². The second-order valence-corrected chi connectivity index (χ2v) is 6.28. The van der Waals surface area contributed by atoms with E-state index in [0.717, 1.165) is 17.4 Å². The summed E-state index contributed by atoms with van der Waals surface area (Å²) in [6, 6.07) is 18.0. The van der Waals surface area contributed by atoms with Gasteiger partial charge in [-0.1, -0.05) is 30.3 Å². The van der Waals surface area contributed by atoms with Crippen molar-refractivity contribution >= 4 is 22.7 Å². The fourth-order valence-corrected chi connectivity index (χ4v) is 3.25.